The molecule has 344 valence electrons. The molecular weight excluding hydrogens is 949 g/mol. The molecule has 24 heteroatoms. The van der Waals surface area contributed by atoms with Gasteiger partial charge < -0.3 is 32.5 Å². The summed E-state index contributed by atoms with van der Waals surface area (Å²) in [4.78, 5) is 68.1. The Morgan fingerprint density at radius 2 is 0.882 bits per heavy atom. The minimum absolute atomic E-state index is 0.0149. The van der Waals surface area contributed by atoms with Crippen molar-refractivity contribution < 1.29 is 68.0 Å². The maximum Gasteiger partial charge on any atom is 0.296 e. The number of ketones is 4. The fourth-order valence-corrected chi connectivity index (χ4v) is 9.49. The van der Waals surface area contributed by atoms with Crippen LogP contribution >= 0.6 is 0 Å². The lowest BCUT2D eigenvalue weighted by Gasteiger charge is -2.23. The minimum Gasteiger partial charge on any atom is -0.493 e. The number of nitrogen functional groups attached to an aromatic ring is 2. The lowest BCUT2D eigenvalue weighted by molar-refractivity contribution is -0.111. The number of fused-ring (bicyclic) bond motifs is 4. The van der Waals surface area contributed by atoms with Crippen molar-refractivity contribution in [1.29, 1.82) is 0 Å². The van der Waals surface area contributed by atoms with Gasteiger partial charge in [0.25, 0.3) is 30.4 Å². The predicted molar refractivity (Wildman–Crippen MR) is 245 cm³/mol. The zero-order chi connectivity index (χ0) is 49.2. The molecule has 0 saturated heterocycles. The second kappa shape index (κ2) is 16.8. The Hall–Kier alpha value is -8.39. The van der Waals surface area contributed by atoms with E-state index in [0.717, 1.165) is 42.5 Å². The van der Waals surface area contributed by atoms with E-state index in [1.807, 2.05) is 0 Å². The molecule has 68 heavy (non-hydrogen) atoms. The van der Waals surface area contributed by atoms with Crippen molar-refractivity contribution in [3.8, 4) is 0 Å². The highest BCUT2D eigenvalue weighted by molar-refractivity contribution is 7.86. The lowest BCUT2D eigenvalue weighted by atomic mass is 9.82. The molecule has 0 aromatic heterocycles. The molecule has 0 heterocycles. The number of nitrogens with one attached hydrogen (secondary N) is 3. The zero-order valence-electron chi connectivity index (χ0n) is 34.1. The van der Waals surface area contributed by atoms with Crippen molar-refractivity contribution in [2.45, 2.75) is 14.7 Å². The van der Waals surface area contributed by atoms with Crippen LogP contribution < -0.4 is 27.4 Å². The normalized spacial score (nSPS) is 13.7. The van der Waals surface area contributed by atoms with Crippen LogP contribution in [0.5, 0.6) is 0 Å². The Balaban J connectivity index is 1.01. The molecule has 0 fully saturated rings. The minimum atomic E-state index is -5.16. The quantitative estimate of drug-likeness (QED) is 0.0257. The van der Waals surface area contributed by atoms with E-state index in [4.69, 9.17) is 11.5 Å². The van der Waals surface area contributed by atoms with Gasteiger partial charge in [-0.15, -0.1) is 0 Å². The smallest absolute Gasteiger partial charge is 0.296 e. The van der Waals surface area contributed by atoms with Crippen molar-refractivity contribution in [3.05, 3.63) is 160 Å². The molecule has 0 radical (unpaired) electrons. The van der Waals surface area contributed by atoms with Gasteiger partial charge >= 0.3 is 0 Å². The number of amides is 1. The average molecular weight is 979 g/mol. The number of carbonyl (C=O) groups is 5. The zero-order valence-corrected chi connectivity index (χ0v) is 36.5. The van der Waals surface area contributed by atoms with Crippen LogP contribution in [0.1, 0.15) is 63.7 Å². The summed E-state index contributed by atoms with van der Waals surface area (Å²) in [5.41, 5.74) is 7.98. The average Bonchev–Trinajstić information content (AvgIpc) is 3.27. The Labute approximate surface area is 384 Å². The van der Waals surface area contributed by atoms with Gasteiger partial charge in [0.2, 0.25) is 11.8 Å². The molecular formula is C44H30N6O15S3. The summed E-state index contributed by atoms with van der Waals surface area (Å²) in [7, 11) is -15.2. The van der Waals surface area contributed by atoms with Gasteiger partial charge in [0.15, 0.2) is 23.1 Å². The standard InChI is InChI=1S/C44H30N6O15S3/c45-39-31(67(60,61)62)18-28(35-37(39)43(55)25-7-3-1-5-23(25)41(35)53)47-20-9-11-21(12-10-20)49-33(51)15-16-34(52)50-27-14-13-22(17-30(27)66(57,58)59)48-29-19-32(68(63,64)65)40(46)38-36(29)42(54)24-6-2-4-8-26(24)44(38)56/h1-19,47-48H,45-46H2,(H,49,51)(H,50,52)(H,57,58,59)(H,60,61,62)(H,63,64,65). The van der Waals surface area contributed by atoms with Crippen molar-refractivity contribution in [2.24, 2.45) is 4.99 Å². The number of hydrogen-bond acceptors (Lipinski definition) is 16. The van der Waals surface area contributed by atoms with Crippen LogP contribution in [-0.4, -0.2) is 79.0 Å². The monoisotopic (exact) mass is 978 g/mol. The third kappa shape index (κ3) is 8.47. The van der Waals surface area contributed by atoms with Crippen LogP contribution in [0.4, 0.5) is 45.5 Å². The fourth-order valence-electron chi connectivity index (χ4n) is 7.54. The van der Waals surface area contributed by atoms with Crippen molar-refractivity contribution in [2.75, 3.05) is 27.4 Å². The Morgan fingerprint density at radius 1 is 0.500 bits per heavy atom. The number of aliphatic imine (C=N–C) groups is 1. The summed E-state index contributed by atoms with van der Waals surface area (Å²) in [6.07, 6.45) is 1.58. The second-order valence-corrected chi connectivity index (χ2v) is 19.0. The summed E-state index contributed by atoms with van der Waals surface area (Å²) in [6.45, 7) is 0. The number of carbonyl (C=O) groups excluding carboxylic acids is 5. The maximum absolute atomic E-state index is 13.7. The summed E-state index contributed by atoms with van der Waals surface area (Å²) in [5.74, 6) is -4.78. The van der Waals surface area contributed by atoms with Gasteiger partial charge in [-0.1, -0.05) is 48.5 Å². The van der Waals surface area contributed by atoms with Crippen LogP contribution in [-0.2, 0) is 35.1 Å². The number of aliphatic hydroxyl groups is 1. The first-order valence-electron chi connectivity index (χ1n) is 19.2. The van der Waals surface area contributed by atoms with E-state index in [1.165, 1.54) is 72.8 Å². The molecule has 0 unspecified atom stereocenters. The van der Waals surface area contributed by atoms with E-state index in [0.29, 0.717) is 0 Å². The molecule has 0 spiro atoms. The van der Waals surface area contributed by atoms with Gasteiger partial charge in [-0.05, 0) is 54.6 Å². The van der Waals surface area contributed by atoms with Crippen LogP contribution in [0.2, 0.25) is 0 Å². The van der Waals surface area contributed by atoms with Crippen molar-refractivity contribution in [1.82, 2.24) is 0 Å². The van der Waals surface area contributed by atoms with Crippen LogP contribution in [0.25, 0.3) is 0 Å². The number of nitrogens with two attached hydrogens (primary N) is 2. The van der Waals surface area contributed by atoms with Gasteiger partial charge in [-0.25, -0.2) is 4.99 Å². The summed E-state index contributed by atoms with van der Waals surface area (Å²) in [6, 6.07) is 21.6. The van der Waals surface area contributed by atoms with Crippen molar-refractivity contribution in [3.63, 3.8) is 0 Å². The van der Waals surface area contributed by atoms with Gasteiger partial charge in [-0.3, -0.25) is 37.6 Å². The predicted octanol–water partition coefficient (Wildman–Crippen LogP) is 5.41. The molecule has 2 aliphatic carbocycles. The molecule has 1 amide bonds. The molecule has 0 atom stereocenters. The Bertz CT molecular complexity index is 3700. The molecule has 0 bridgehead atoms. The van der Waals surface area contributed by atoms with Crippen LogP contribution in [0.3, 0.4) is 0 Å². The number of hydrogen-bond donors (Lipinski definition) is 9. The second-order valence-electron chi connectivity index (χ2n) is 14.8. The van der Waals surface area contributed by atoms with E-state index in [-0.39, 0.29) is 50.6 Å². The fraction of sp³-hybridized carbons (Fsp3) is 0. The molecule has 6 aromatic rings. The number of nitrogens with zero attached hydrogens (tertiary/aromatic N) is 1. The Morgan fingerprint density at radius 3 is 1.31 bits per heavy atom. The first kappa shape index (κ1) is 46.2. The first-order valence-corrected chi connectivity index (χ1v) is 23.5. The highest BCUT2D eigenvalue weighted by Gasteiger charge is 2.38. The first-order chi connectivity index (χ1) is 31.9. The SMILES string of the molecule is Nc1c(S(=O)(=O)O)cc(Nc2ccc(NC(=O)C=CC(O)=Nc3ccc(Nc4cc(S(=O)(=O)O)c(N)c5c4C(=O)c4ccccc4C5=O)cc3S(=O)(=O)O)cc2)c2c1C(=O)c1ccccc1C2=O. The number of rotatable bonds is 11. The van der Waals surface area contributed by atoms with Gasteiger partial charge in [0, 0.05) is 51.5 Å². The van der Waals surface area contributed by atoms with E-state index < -0.39 is 119 Å². The van der Waals surface area contributed by atoms with Gasteiger partial charge in [-0.2, -0.15) is 25.3 Å². The summed E-state index contributed by atoms with van der Waals surface area (Å²) in [5, 5.41) is 18.5. The topological polar surface area (TPSA) is 369 Å². The highest BCUT2D eigenvalue weighted by atomic mass is 32.2. The molecule has 2 aliphatic rings. The Kier molecular flexibility index (Phi) is 11.4. The van der Waals surface area contributed by atoms with Crippen molar-refractivity contribution >= 4 is 111 Å². The molecule has 0 saturated carbocycles. The lowest BCUT2D eigenvalue weighted by Crippen LogP contribution is -2.25. The van der Waals surface area contributed by atoms with Gasteiger partial charge in [0.1, 0.15) is 14.7 Å². The van der Waals surface area contributed by atoms with E-state index in [2.05, 4.69) is 20.9 Å². The largest absolute Gasteiger partial charge is 0.493 e. The van der Waals surface area contributed by atoms with Crippen LogP contribution in [0, 0.1) is 0 Å². The molecule has 21 nitrogen and oxygen atoms in total. The number of anilines is 7. The van der Waals surface area contributed by atoms with E-state index >= 15 is 0 Å². The number of benzene rings is 6. The third-order valence-electron chi connectivity index (χ3n) is 10.5. The summed E-state index contributed by atoms with van der Waals surface area (Å²) >= 11 is 0. The third-order valence-corrected chi connectivity index (χ3v) is 13.2. The van der Waals surface area contributed by atoms with Crippen LogP contribution in [0.15, 0.2) is 135 Å². The van der Waals surface area contributed by atoms with E-state index in [9.17, 15) is 68.0 Å². The number of aliphatic hydroxyl groups excluding tert-OH is 1. The van der Waals surface area contributed by atoms with Gasteiger partial charge in [0.05, 0.1) is 50.7 Å². The molecule has 0 aliphatic heterocycles. The highest BCUT2D eigenvalue weighted by Crippen LogP contribution is 2.42. The summed E-state index contributed by atoms with van der Waals surface area (Å²) < 4.78 is 104. The molecule has 8 rings (SSSR count). The molecule has 6 aromatic carbocycles. The molecule has 11 N–H and O–H groups in total. The maximum atomic E-state index is 13.7. The van der Waals surface area contributed by atoms with E-state index in [1.54, 1.807) is 0 Å².